The summed E-state index contributed by atoms with van der Waals surface area (Å²) in [4.78, 5) is 2.20. The van der Waals surface area contributed by atoms with Gasteiger partial charge in [-0.3, -0.25) is 4.90 Å². The average Bonchev–Trinajstić information content (AvgIpc) is 2.37. The predicted molar refractivity (Wildman–Crippen MR) is 78.2 cm³/mol. The summed E-state index contributed by atoms with van der Waals surface area (Å²) in [6.45, 7) is 7.20. The van der Waals surface area contributed by atoms with E-state index in [4.69, 9.17) is 14.8 Å². The monoisotopic (exact) mass is 283 g/mol. The van der Waals surface area contributed by atoms with Crippen molar-refractivity contribution in [2.75, 3.05) is 26.8 Å². The van der Waals surface area contributed by atoms with E-state index in [9.17, 15) is 4.39 Å². The molecule has 0 amide bonds. The fraction of sp³-hybridized carbons (Fsp3) is 0.571. The van der Waals surface area contributed by atoms with E-state index in [-0.39, 0.29) is 5.46 Å². The number of ether oxygens (including phenoxy) is 1. The second-order valence-electron chi connectivity index (χ2n) is 5.35. The molecule has 0 aliphatic carbocycles. The van der Waals surface area contributed by atoms with Crippen LogP contribution in [0.5, 0.6) is 0 Å². The largest absolute Gasteiger partial charge is 0.491 e. The Morgan fingerprint density at radius 3 is 2.60 bits per heavy atom. The van der Waals surface area contributed by atoms with Crippen LogP contribution >= 0.6 is 0 Å². The molecule has 2 N–H and O–H groups in total. The minimum absolute atomic E-state index is 0.0845. The number of nitrogens with zero attached hydrogens (tertiary/aromatic N) is 1. The minimum Gasteiger partial charge on any atom is -0.423 e. The first-order chi connectivity index (χ1) is 9.43. The molecule has 0 atom stereocenters. The molecule has 1 aromatic rings. The van der Waals surface area contributed by atoms with Crippen molar-refractivity contribution in [1.29, 1.82) is 0 Å². The number of rotatable bonds is 8. The molecule has 0 saturated carbocycles. The van der Waals surface area contributed by atoms with Gasteiger partial charge >= 0.3 is 7.12 Å². The third-order valence-corrected chi connectivity index (χ3v) is 2.98. The highest BCUT2D eigenvalue weighted by Crippen LogP contribution is 2.08. The summed E-state index contributed by atoms with van der Waals surface area (Å²) in [6.07, 6.45) is 0. The normalized spacial score (nSPS) is 11.4. The van der Waals surface area contributed by atoms with Gasteiger partial charge in [-0.15, -0.1) is 0 Å². The Labute approximate surface area is 120 Å². The number of halogens is 1. The van der Waals surface area contributed by atoms with Crippen LogP contribution in [0.25, 0.3) is 0 Å². The molecule has 0 radical (unpaired) electrons. The van der Waals surface area contributed by atoms with Crippen LogP contribution in [0.3, 0.4) is 0 Å². The summed E-state index contributed by atoms with van der Waals surface area (Å²) in [5.74, 6) is -0.0914. The molecule has 0 aliphatic rings. The van der Waals surface area contributed by atoms with Crippen LogP contribution < -0.4 is 5.46 Å². The Kier molecular flexibility index (Phi) is 7.16. The highest BCUT2D eigenvalue weighted by Gasteiger charge is 2.17. The number of methoxy groups -OCH3 is 1. The van der Waals surface area contributed by atoms with Gasteiger partial charge in [0.15, 0.2) is 0 Å². The molecule has 0 saturated heterocycles. The van der Waals surface area contributed by atoms with Crippen molar-refractivity contribution in [3.8, 4) is 0 Å². The Bertz CT molecular complexity index is 415. The van der Waals surface area contributed by atoms with Gasteiger partial charge in [0, 0.05) is 32.2 Å². The zero-order valence-electron chi connectivity index (χ0n) is 12.3. The second kappa shape index (κ2) is 8.37. The van der Waals surface area contributed by atoms with Gasteiger partial charge in [0.2, 0.25) is 0 Å². The van der Waals surface area contributed by atoms with Crippen LogP contribution in [-0.4, -0.2) is 48.9 Å². The third-order valence-electron chi connectivity index (χ3n) is 2.98. The molecule has 0 aliphatic heterocycles. The molecule has 0 heterocycles. The zero-order valence-corrected chi connectivity index (χ0v) is 12.3. The summed E-state index contributed by atoms with van der Waals surface area (Å²) in [5, 5.41) is 18.3. The van der Waals surface area contributed by atoms with E-state index in [1.165, 1.54) is 12.1 Å². The van der Waals surface area contributed by atoms with Gasteiger partial charge in [0.1, 0.15) is 5.82 Å². The highest BCUT2D eigenvalue weighted by atomic mass is 19.1. The first-order valence-electron chi connectivity index (χ1n) is 6.79. The lowest BCUT2D eigenvalue weighted by Gasteiger charge is -2.24. The Hall–Kier alpha value is -0.945. The second-order valence-corrected chi connectivity index (χ2v) is 5.35. The van der Waals surface area contributed by atoms with Gasteiger partial charge < -0.3 is 14.8 Å². The highest BCUT2D eigenvalue weighted by molar-refractivity contribution is 6.58. The standard InChI is InChI=1S/C14H23BFNO3/c1-11(2)9-17(6-7-20-3)10-12-4-5-14(16)13(8-12)15(18)19/h4-5,8,11,18-19H,6-7,9-10H2,1-3H3. The predicted octanol–water partition coefficient (Wildman–Crippen LogP) is 0.610. The van der Waals surface area contributed by atoms with Crippen LogP contribution in [0.1, 0.15) is 19.4 Å². The molecular formula is C14H23BFNO3. The van der Waals surface area contributed by atoms with Crippen LogP contribution in [-0.2, 0) is 11.3 Å². The van der Waals surface area contributed by atoms with Crippen molar-refractivity contribution in [3.63, 3.8) is 0 Å². The van der Waals surface area contributed by atoms with Crippen LogP contribution in [0.4, 0.5) is 4.39 Å². The maximum absolute atomic E-state index is 13.4. The fourth-order valence-corrected chi connectivity index (χ4v) is 2.12. The smallest absolute Gasteiger partial charge is 0.423 e. The Morgan fingerprint density at radius 1 is 1.35 bits per heavy atom. The van der Waals surface area contributed by atoms with Crippen LogP contribution in [0.2, 0.25) is 0 Å². The number of hydrogen-bond acceptors (Lipinski definition) is 4. The van der Waals surface area contributed by atoms with E-state index < -0.39 is 12.9 Å². The summed E-state index contributed by atoms with van der Waals surface area (Å²) in [7, 11) is -0.126. The van der Waals surface area contributed by atoms with Gasteiger partial charge in [-0.1, -0.05) is 26.0 Å². The number of hydrogen-bond donors (Lipinski definition) is 2. The first kappa shape index (κ1) is 17.1. The van der Waals surface area contributed by atoms with Crippen molar-refractivity contribution in [2.24, 2.45) is 5.92 Å². The minimum atomic E-state index is -1.78. The maximum Gasteiger partial charge on any atom is 0.491 e. The van der Waals surface area contributed by atoms with Crippen LogP contribution in [0, 0.1) is 11.7 Å². The molecule has 0 unspecified atom stereocenters. The van der Waals surface area contributed by atoms with Crippen molar-refractivity contribution in [3.05, 3.63) is 29.6 Å². The van der Waals surface area contributed by atoms with Crippen molar-refractivity contribution < 1.29 is 19.2 Å². The summed E-state index contributed by atoms with van der Waals surface area (Å²) in [6, 6.07) is 4.44. The van der Waals surface area contributed by atoms with E-state index in [1.54, 1.807) is 13.2 Å². The van der Waals surface area contributed by atoms with Gasteiger partial charge in [-0.25, -0.2) is 4.39 Å². The van der Waals surface area contributed by atoms with Gasteiger partial charge in [-0.05, 0) is 17.5 Å². The van der Waals surface area contributed by atoms with Gasteiger partial charge in [-0.2, -0.15) is 0 Å². The van der Waals surface area contributed by atoms with E-state index in [2.05, 4.69) is 18.7 Å². The molecule has 112 valence electrons. The topological polar surface area (TPSA) is 52.9 Å². The summed E-state index contributed by atoms with van der Waals surface area (Å²) < 4.78 is 18.5. The average molecular weight is 283 g/mol. The zero-order chi connectivity index (χ0) is 15.1. The Morgan fingerprint density at radius 2 is 2.05 bits per heavy atom. The molecule has 1 rings (SSSR count). The molecule has 0 bridgehead atoms. The molecule has 0 aromatic heterocycles. The lowest BCUT2D eigenvalue weighted by molar-refractivity contribution is 0.136. The van der Waals surface area contributed by atoms with E-state index in [1.807, 2.05) is 0 Å². The summed E-state index contributed by atoms with van der Waals surface area (Å²) in [5.41, 5.74) is 0.769. The van der Waals surface area contributed by atoms with Crippen molar-refractivity contribution in [1.82, 2.24) is 4.90 Å². The third kappa shape index (κ3) is 5.59. The summed E-state index contributed by atoms with van der Waals surface area (Å²) >= 11 is 0. The molecule has 6 heteroatoms. The maximum atomic E-state index is 13.4. The molecule has 1 aromatic carbocycles. The number of benzene rings is 1. The lowest BCUT2D eigenvalue weighted by atomic mass is 9.79. The first-order valence-corrected chi connectivity index (χ1v) is 6.79. The molecule has 20 heavy (non-hydrogen) atoms. The van der Waals surface area contributed by atoms with Crippen molar-refractivity contribution in [2.45, 2.75) is 20.4 Å². The van der Waals surface area contributed by atoms with Gasteiger partial charge in [0.25, 0.3) is 0 Å². The van der Waals surface area contributed by atoms with E-state index in [0.29, 0.717) is 19.1 Å². The SMILES string of the molecule is COCCN(Cc1ccc(F)c(B(O)O)c1)CC(C)C. The molecule has 0 fully saturated rings. The quantitative estimate of drug-likeness (QED) is 0.686. The Balaban J connectivity index is 2.79. The molecular weight excluding hydrogens is 260 g/mol. The van der Waals surface area contributed by atoms with Crippen LogP contribution in [0.15, 0.2) is 18.2 Å². The molecule has 4 nitrogen and oxygen atoms in total. The van der Waals surface area contributed by atoms with E-state index in [0.717, 1.165) is 18.7 Å². The lowest BCUT2D eigenvalue weighted by Crippen LogP contribution is -2.34. The molecule has 0 spiro atoms. The van der Waals surface area contributed by atoms with Gasteiger partial charge in [0.05, 0.1) is 6.61 Å². The van der Waals surface area contributed by atoms with E-state index >= 15 is 0 Å². The fourth-order valence-electron chi connectivity index (χ4n) is 2.12. The van der Waals surface area contributed by atoms with Crippen molar-refractivity contribution >= 4 is 12.6 Å².